The summed E-state index contributed by atoms with van der Waals surface area (Å²) in [5, 5.41) is 8.35. The first-order valence-electron chi connectivity index (χ1n) is 7.82. The summed E-state index contributed by atoms with van der Waals surface area (Å²) < 4.78 is 0. The van der Waals surface area contributed by atoms with E-state index in [1.807, 2.05) is 6.07 Å². The molecule has 1 N–H and O–H groups in total. The minimum Gasteiger partial charge on any atom is -0.305 e. The van der Waals surface area contributed by atoms with E-state index >= 15 is 0 Å². The van der Waals surface area contributed by atoms with Crippen molar-refractivity contribution >= 4 is 5.71 Å². The van der Waals surface area contributed by atoms with Crippen molar-refractivity contribution in [2.75, 3.05) is 20.6 Å². The maximum Gasteiger partial charge on any atom is 0.0389 e. The molecule has 1 aromatic rings. The van der Waals surface area contributed by atoms with Gasteiger partial charge in [-0.1, -0.05) is 55.8 Å². The van der Waals surface area contributed by atoms with E-state index in [1.165, 1.54) is 11.1 Å². The van der Waals surface area contributed by atoms with Crippen LogP contribution < -0.4 is 0 Å². The van der Waals surface area contributed by atoms with Crippen molar-refractivity contribution in [1.29, 1.82) is 5.41 Å². The monoisotopic (exact) mass is 282 g/mol. The molecule has 0 spiro atoms. The van der Waals surface area contributed by atoms with Gasteiger partial charge in [-0.15, -0.1) is 0 Å². The predicted molar refractivity (Wildman–Crippen MR) is 91.3 cm³/mol. The fourth-order valence-electron chi connectivity index (χ4n) is 2.78. The van der Waals surface area contributed by atoms with Crippen LogP contribution in [0.3, 0.4) is 0 Å². The molecule has 0 aromatic heterocycles. The molecule has 1 unspecified atom stereocenters. The van der Waals surface area contributed by atoms with E-state index in [0.717, 1.165) is 37.1 Å². The molecule has 0 radical (unpaired) electrons. The third-order valence-electron chi connectivity index (χ3n) is 3.84. The summed E-state index contributed by atoms with van der Waals surface area (Å²) in [6.07, 6.45) is 9.90. The lowest BCUT2D eigenvalue weighted by atomic mass is 9.91. The van der Waals surface area contributed by atoms with Crippen molar-refractivity contribution in [1.82, 2.24) is 4.90 Å². The highest BCUT2D eigenvalue weighted by atomic mass is 15.0. The lowest BCUT2D eigenvalue weighted by Crippen LogP contribution is -2.13. The molecular weight excluding hydrogens is 256 g/mol. The smallest absolute Gasteiger partial charge is 0.0389 e. The SMILES string of the molecule is CCCCC(=N)c1ccccc1C1C=CC(CN(C)C)=C1. The summed E-state index contributed by atoms with van der Waals surface area (Å²) in [4.78, 5) is 2.19. The van der Waals surface area contributed by atoms with Crippen LogP contribution >= 0.6 is 0 Å². The van der Waals surface area contributed by atoms with Gasteiger partial charge < -0.3 is 10.3 Å². The Morgan fingerprint density at radius 2 is 2.00 bits per heavy atom. The van der Waals surface area contributed by atoms with Crippen molar-refractivity contribution in [3.63, 3.8) is 0 Å². The van der Waals surface area contributed by atoms with E-state index in [2.05, 4.69) is 62.3 Å². The van der Waals surface area contributed by atoms with Crippen LogP contribution in [0.2, 0.25) is 0 Å². The van der Waals surface area contributed by atoms with Crippen LogP contribution in [0.4, 0.5) is 0 Å². The van der Waals surface area contributed by atoms with Crippen LogP contribution in [0.1, 0.15) is 43.2 Å². The number of nitrogens with zero attached hydrogens (tertiary/aromatic N) is 1. The predicted octanol–water partition coefficient (Wildman–Crippen LogP) is 4.39. The van der Waals surface area contributed by atoms with Gasteiger partial charge in [0.15, 0.2) is 0 Å². The van der Waals surface area contributed by atoms with E-state index in [0.29, 0.717) is 5.92 Å². The average Bonchev–Trinajstić information content (AvgIpc) is 2.92. The second-order valence-electron chi connectivity index (χ2n) is 6.03. The van der Waals surface area contributed by atoms with Crippen LogP contribution in [0, 0.1) is 5.41 Å². The van der Waals surface area contributed by atoms with Gasteiger partial charge in [-0.05, 0) is 43.6 Å². The third kappa shape index (κ3) is 4.15. The molecule has 1 aliphatic rings. The number of hydrogen-bond donors (Lipinski definition) is 1. The summed E-state index contributed by atoms with van der Waals surface area (Å²) in [5.41, 5.74) is 4.52. The highest BCUT2D eigenvalue weighted by Gasteiger charge is 2.17. The van der Waals surface area contributed by atoms with E-state index in [-0.39, 0.29) is 0 Å². The Bertz CT molecular complexity index is 552. The third-order valence-corrected chi connectivity index (χ3v) is 3.84. The van der Waals surface area contributed by atoms with Crippen molar-refractivity contribution < 1.29 is 0 Å². The highest BCUT2D eigenvalue weighted by Crippen LogP contribution is 2.30. The summed E-state index contributed by atoms with van der Waals surface area (Å²) in [7, 11) is 4.19. The lowest BCUT2D eigenvalue weighted by molar-refractivity contribution is 0.449. The Morgan fingerprint density at radius 3 is 2.71 bits per heavy atom. The number of nitrogens with one attached hydrogen (secondary N) is 1. The lowest BCUT2D eigenvalue weighted by Gasteiger charge is -2.14. The fraction of sp³-hybridized carbons (Fsp3) is 0.421. The summed E-state index contributed by atoms with van der Waals surface area (Å²) in [6, 6.07) is 8.39. The molecule has 1 aliphatic carbocycles. The average molecular weight is 282 g/mol. The Kier molecular flexibility index (Phi) is 5.51. The molecule has 1 aromatic carbocycles. The molecule has 21 heavy (non-hydrogen) atoms. The molecule has 0 saturated heterocycles. The van der Waals surface area contributed by atoms with E-state index < -0.39 is 0 Å². The largest absolute Gasteiger partial charge is 0.305 e. The Balaban J connectivity index is 2.20. The molecule has 0 heterocycles. The second kappa shape index (κ2) is 7.37. The second-order valence-corrected chi connectivity index (χ2v) is 6.03. The minimum atomic E-state index is 0.318. The van der Waals surface area contributed by atoms with Crippen LogP contribution in [0.25, 0.3) is 0 Å². The van der Waals surface area contributed by atoms with Gasteiger partial charge in [0.2, 0.25) is 0 Å². The zero-order chi connectivity index (χ0) is 15.2. The van der Waals surface area contributed by atoms with Crippen molar-refractivity contribution in [2.45, 2.75) is 32.1 Å². The quantitative estimate of drug-likeness (QED) is 0.738. The van der Waals surface area contributed by atoms with E-state index in [1.54, 1.807) is 0 Å². The first-order chi connectivity index (χ1) is 10.1. The number of allylic oxidation sites excluding steroid dienone is 2. The maximum absolute atomic E-state index is 8.35. The normalized spacial score (nSPS) is 17.3. The molecule has 0 amide bonds. The van der Waals surface area contributed by atoms with Crippen LogP contribution in [0.15, 0.2) is 48.1 Å². The first kappa shape index (κ1) is 15.7. The van der Waals surface area contributed by atoms with Gasteiger partial charge in [0.25, 0.3) is 0 Å². The number of unbranched alkanes of at least 4 members (excludes halogenated alkanes) is 1. The summed E-state index contributed by atoms with van der Waals surface area (Å²) >= 11 is 0. The van der Waals surface area contributed by atoms with Gasteiger partial charge in [0.1, 0.15) is 0 Å². The van der Waals surface area contributed by atoms with Crippen molar-refractivity contribution in [3.05, 3.63) is 59.2 Å². The number of likely N-dealkylation sites (N-methyl/N-ethyl adjacent to an activating group) is 1. The minimum absolute atomic E-state index is 0.318. The zero-order valence-corrected chi connectivity index (χ0v) is 13.4. The Labute approximate surface area is 128 Å². The summed E-state index contributed by atoms with van der Waals surface area (Å²) in [5.74, 6) is 0.318. The van der Waals surface area contributed by atoms with Crippen molar-refractivity contribution in [2.24, 2.45) is 0 Å². The first-order valence-corrected chi connectivity index (χ1v) is 7.82. The molecular formula is C19H26N2. The number of rotatable bonds is 7. The van der Waals surface area contributed by atoms with Gasteiger partial charge in [-0.3, -0.25) is 0 Å². The van der Waals surface area contributed by atoms with E-state index in [4.69, 9.17) is 5.41 Å². The Hall–Kier alpha value is -1.67. The molecule has 1 atom stereocenters. The van der Waals surface area contributed by atoms with Gasteiger partial charge in [0, 0.05) is 18.2 Å². The summed E-state index contributed by atoms with van der Waals surface area (Å²) in [6.45, 7) is 3.15. The molecule has 0 fully saturated rings. The van der Waals surface area contributed by atoms with Gasteiger partial charge in [-0.25, -0.2) is 0 Å². The molecule has 2 nitrogen and oxygen atoms in total. The highest BCUT2D eigenvalue weighted by molar-refractivity contribution is 5.99. The molecule has 0 aliphatic heterocycles. The molecule has 2 heteroatoms. The van der Waals surface area contributed by atoms with Crippen LogP contribution in [-0.2, 0) is 0 Å². The topological polar surface area (TPSA) is 27.1 Å². The number of benzene rings is 1. The standard InChI is InChI=1S/C19H26N2/c1-4-5-10-19(20)18-9-7-6-8-17(18)16-12-11-15(13-16)14-21(2)3/h6-9,11-13,16,20H,4-5,10,14H2,1-3H3. The maximum atomic E-state index is 8.35. The van der Waals surface area contributed by atoms with Crippen LogP contribution in [0.5, 0.6) is 0 Å². The molecule has 0 saturated carbocycles. The Morgan fingerprint density at radius 1 is 1.24 bits per heavy atom. The van der Waals surface area contributed by atoms with E-state index in [9.17, 15) is 0 Å². The van der Waals surface area contributed by atoms with Crippen LogP contribution in [-0.4, -0.2) is 31.3 Å². The van der Waals surface area contributed by atoms with Gasteiger partial charge >= 0.3 is 0 Å². The van der Waals surface area contributed by atoms with Gasteiger partial charge in [0.05, 0.1) is 0 Å². The number of hydrogen-bond acceptors (Lipinski definition) is 2. The van der Waals surface area contributed by atoms with Gasteiger partial charge in [-0.2, -0.15) is 0 Å². The molecule has 0 bridgehead atoms. The molecule has 2 rings (SSSR count). The fourth-order valence-corrected chi connectivity index (χ4v) is 2.78. The zero-order valence-electron chi connectivity index (χ0n) is 13.4. The van der Waals surface area contributed by atoms with Crippen molar-refractivity contribution in [3.8, 4) is 0 Å². The molecule has 112 valence electrons.